The third kappa shape index (κ3) is 2.53. The third-order valence-electron chi connectivity index (χ3n) is 4.85. The van der Waals surface area contributed by atoms with E-state index in [2.05, 4.69) is 6.58 Å². The maximum atomic E-state index is 12.4. The van der Waals surface area contributed by atoms with Crippen molar-refractivity contribution in [3.8, 4) is 16.9 Å². The van der Waals surface area contributed by atoms with Crippen molar-refractivity contribution in [2.75, 3.05) is 26.4 Å². The number of ether oxygens (including phenoxy) is 2. The van der Waals surface area contributed by atoms with E-state index in [0.717, 1.165) is 22.4 Å². The number of halogens is 1. The van der Waals surface area contributed by atoms with Crippen LogP contribution in [0.3, 0.4) is 0 Å². The lowest BCUT2D eigenvalue weighted by Gasteiger charge is -2.43. The SMILES string of the molecule is C=CC(=O)N1CCOCC12COc1c(-c3ccccc3)cc(Cl)cc12. The molecule has 1 saturated heterocycles. The van der Waals surface area contributed by atoms with Crippen LogP contribution in [0.25, 0.3) is 11.1 Å². The summed E-state index contributed by atoms with van der Waals surface area (Å²) in [5.74, 6) is 0.643. The van der Waals surface area contributed by atoms with E-state index in [1.165, 1.54) is 6.08 Å². The highest BCUT2D eigenvalue weighted by molar-refractivity contribution is 6.31. The van der Waals surface area contributed by atoms with E-state index >= 15 is 0 Å². The lowest BCUT2D eigenvalue weighted by Crippen LogP contribution is -2.57. The summed E-state index contributed by atoms with van der Waals surface area (Å²) in [6.07, 6.45) is 1.34. The number of benzene rings is 2. The molecule has 0 aromatic heterocycles. The van der Waals surface area contributed by atoms with Crippen molar-refractivity contribution in [3.05, 3.63) is 65.7 Å². The normalized spacial score (nSPS) is 21.7. The number of carbonyl (C=O) groups excluding carboxylic acids is 1. The van der Waals surface area contributed by atoms with Crippen molar-refractivity contribution in [2.45, 2.75) is 5.54 Å². The van der Waals surface area contributed by atoms with Gasteiger partial charge < -0.3 is 14.4 Å². The van der Waals surface area contributed by atoms with E-state index in [9.17, 15) is 4.79 Å². The fourth-order valence-electron chi connectivity index (χ4n) is 3.66. The van der Waals surface area contributed by atoms with Gasteiger partial charge in [-0.05, 0) is 23.8 Å². The predicted octanol–water partition coefficient (Wildman–Crippen LogP) is 3.64. The largest absolute Gasteiger partial charge is 0.490 e. The number of nitrogens with zero attached hydrogens (tertiary/aromatic N) is 1. The van der Waals surface area contributed by atoms with E-state index in [-0.39, 0.29) is 5.91 Å². The molecule has 0 saturated carbocycles. The van der Waals surface area contributed by atoms with Gasteiger partial charge in [-0.15, -0.1) is 0 Å². The molecular weight excluding hydrogens is 338 g/mol. The molecule has 2 aromatic rings. The van der Waals surface area contributed by atoms with Gasteiger partial charge in [0.05, 0.1) is 13.2 Å². The predicted molar refractivity (Wildman–Crippen MR) is 96.8 cm³/mol. The lowest BCUT2D eigenvalue weighted by atomic mass is 9.87. The van der Waals surface area contributed by atoms with Gasteiger partial charge in [-0.3, -0.25) is 4.79 Å². The van der Waals surface area contributed by atoms with Crippen molar-refractivity contribution in [1.82, 2.24) is 4.90 Å². The van der Waals surface area contributed by atoms with Gasteiger partial charge in [0.2, 0.25) is 5.91 Å². The summed E-state index contributed by atoms with van der Waals surface area (Å²) >= 11 is 6.42. The Morgan fingerprint density at radius 1 is 1.24 bits per heavy atom. The van der Waals surface area contributed by atoms with Gasteiger partial charge in [-0.2, -0.15) is 0 Å². The standard InChI is InChI=1S/C20H18ClNO3/c1-2-18(23)22-8-9-24-12-20(22)13-25-19-16(10-15(21)11-17(19)20)14-6-4-3-5-7-14/h2-7,10-11H,1,8-9,12-13H2. The minimum absolute atomic E-state index is 0.124. The lowest BCUT2D eigenvalue weighted by molar-refractivity contribution is -0.146. The first-order valence-electron chi connectivity index (χ1n) is 8.20. The molecule has 1 spiro atoms. The Kier molecular flexibility index (Phi) is 4.02. The summed E-state index contributed by atoms with van der Waals surface area (Å²) in [6, 6.07) is 13.7. The number of fused-ring (bicyclic) bond motifs is 2. The molecule has 0 N–H and O–H groups in total. The zero-order valence-electron chi connectivity index (χ0n) is 13.7. The van der Waals surface area contributed by atoms with E-state index in [1.54, 1.807) is 4.90 Å². The van der Waals surface area contributed by atoms with Gasteiger partial charge in [0, 0.05) is 22.7 Å². The van der Waals surface area contributed by atoms with Crippen LogP contribution < -0.4 is 4.74 Å². The van der Waals surface area contributed by atoms with Crippen molar-refractivity contribution in [3.63, 3.8) is 0 Å². The van der Waals surface area contributed by atoms with Crippen molar-refractivity contribution in [1.29, 1.82) is 0 Å². The van der Waals surface area contributed by atoms with E-state index < -0.39 is 5.54 Å². The first kappa shape index (κ1) is 16.2. The summed E-state index contributed by atoms with van der Waals surface area (Å²) in [5, 5.41) is 0.610. The van der Waals surface area contributed by atoms with Gasteiger partial charge in [0.1, 0.15) is 17.9 Å². The first-order valence-corrected chi connectivity index (χ1v) is 8.57. The number of morpholine rings is 1. The maximum Gasteiger partial charge on any atom is 0.246 e. The quantitative estimate of drug-likeness (QED) is 0.772. The summed E-state index contributed by atoms with van der Waals surface area (Å²) < 4.78 is 11.8. The second kappa shape index (κ2) is 6.21. The Hall–Kier alpha value is -2.30. The fourth-order valence-corrected chi connectivity index (χ4v) is 3.88. The number of hydrogen-bond donors (Lipinski definition) is 0. The Bertz CT molecular complexity index is 836. The van der Waals surface area contributed by atoms with E-state index in [0.29, 0.717) is 31.4 Å². The van der Waals surface area contributed by atoms with Gasteiger partial charge in [-0.25, -0.2) is 0 Å². The smallest absolute Gasteiger partial charge is 0.246 e. The molecule has 1 atom stereocenters. The van der Waals surface area contributed by atoms with Crippen LogP contribution in [-0.2, 0) is 15.1 Å². The molecule has 0 aliphatic carbocycles. The summed E-state index contributed by atoms with van der Waals surface area (Å²) in [4.78, 5) is 14.2. The Labute approximate surface area is 151 Å². The molecule has 1 amide bonds. The molecule has 5 heteroatoms. The topological polar surface area (TPSA) is 38.8 Å². The Balaban J connectivity index is 1.89. The molecule has 1 fully saturated rings. The molecule has 25 heavy (non-hydrogen) atoms. The first-order chi connectivity index (χ1) is 12.2. The van der Waals surface area contributed by atoms with Crippen molar-refractivity contribution in [2.24, 2.45) is 0 Å². The molecular formula is C20H18ClNO3. The zero-order valence-corrected chi connectivity index (χ0v) is 14.5. The van der Waals surface area contributed by atoms with Crippen molar-refractivity contribution < 1.29 is 14.3 Å². The van der Waals surface area contributed by atoms with Crippen LogP contribution in [0.1, 0.15) is 5.56 Å². The number of carbonyl (C=O) groups is 1. The van der Waals surface area contributed by atoms with Gasteiger partial charge in [-0.1, -0.05) is 48.5 Å². The van der Waals surface area contributed by atoms with Gasteiger partial charge in [0.25, 0.3) is 0 Å². The Morgan fingerprint density at radius 2 is 2.04 bits per heavy atom. The summed E-state index contributed by atoms with van der Waals surface area (Å²) in [7, 11) is 0. The molecule has 2 aliphatic rings. The molecule has 0 bridgehead atoms. The van der Waals surface area contributed by atoms with Gasteiger partial charge in [0.15, 0.2) is 0 Å². The fraction of sp³-hybridized carbons (Fsp3) is 0.250. The molecule has 4 nitrogen and oxygen atoms in total. The number of hydrogen-bond acceptors (Lipinski definition) is 3. The minimum Gasteiger partial charge on any atom is -0.490 e. The minimum atomic E-state index is -0.659. The van der Waals surface area contributed by atoms with Gasteiger partial charge >= 0.3 is 0 Å². The second-order valence-electron chi connectivity index (χ2n) is 6.26. The van der Waals surface area contributed by atoms with Crippen LogP contribution in [0.4, 0.5) is 0 Å². The van der Waals surface area contributed by atoms with Crippen LogP contribution in [0.15, 0.2) is 55.1 Å². The molecule has 1 unspecified atom stereocenters. The summed E-state index contributed by atoms with van der Waals surface area (Å²) in [6.45, 7) is 5.37. The van der Waals surface area contributed by atoms with Crippen LogP contribution in [-0.4, -0.2) is 37.2 Å². The highest BCUT2D eigenvalue weighted by Gasteiger charge is 2.50. The molecule has 128 valence electrons. The van der Waals surface area contributed by atoms with Crippen LogP contribution in [0, 0.1) is 0 Å². The average Bonchev–Trinajstić information content (AvgIpc) is 3.00. The van der Waals surface area contributed by atoms with Crippen LogP contribution in [0.5, 0.6) is 5.75 Å². The maximum absolute atomic E-state index is 12.4. The molecule has 2 aliphatic heterocycles. The number of amides is 1. The van der Waals surface area contributed by atoms with E-state index in [4.69, 9.17) is 21.1 Å². The monoisotopic (exact) mass is 355 g/mol. The Morgan fingerprint density at radius 3 is 2.80 bits per heavy atom. The summed E-state index contributed by atoms with van der Waals surface area (Å²) in [5.41, 5.74) is 2.19. The molecule has 2 aromatic carbocycles. The highest BCUT2D eigenvalue weighted by atomic mass is 35.5. The molecule has 2 heterocycles. The van der Waals surface area contributed by atoms with Crippen molar-refractivity contribution >= 4 is 17.5 Å². The second-order valence-corrected chi connectivity index (χ2v) is 6.70. The average molecular weight is 356 g/mol. The van der Waals surface area contributed by atoms with Crippen LogP contribution in [0.2, 0.25) is 5.02 Å². The zero-order chi connectivity index (χ0) is 17.4. The van der Waals surface area contributed by atoms with E-state index in [1.807, 2.05) is 42.5 Å². The number of rotatable bonds is 2. The van der Waals surface area contributed by atoms with Crippen LogP contribution >= 0.6 is 11.6 Å². The molecule has 4 rings (SSSR count). The third-order valence-corrected chi connectivity index (χ3v) is 5.07. The molecule has 0 radical (unpaired) electrons. The highest BCUT2D eigenvalue weighted by Crippen LogP contribution is 2.49.